The summed E-state index contributed by atoms with van der Waals surface area (Å²) in [6, 6.07) is 14.9. The zero-order chi connectivity index (χ0) is 22.0. The van der Waals surface area contributed by atoms with Crippen LogP contribution in [0.4, 0.5) is 0 Å². The maximum Gasteiger partial charge on any atom is 0.223 e. The van der Waals surface area contributed by atoms with Crippen molar-refractivity contribution in [3.05, 3.63) is 60.1 Å². The minimum absolute atomic E-state index is 0.182. The van der Waals surface area contributed by atoms with Gasteiger partial charge in [0.25, 0.3) is 0 Å². The van der Waals surface area contributed by atoms with Gasteiger partial charge in [0.05, 0.1) is 6.26 Å². The van der Waals surface area contributed by atoms with E-state index in [2.05, 4.69) is 51.2 Å². The van der Waals surface area contributed by atoms with E-state index in [9.17, 15) is 4.79 Å². The molecule has 2 aliphatic rings. The van der Waals surface area contributed by atoms with Crippen LogP contribution in [0.3, 0.4) is 0 Å². The smallest absolute Gasteiger partial charge is 0.223 e. The molecule has 172 valence electrons. The Morgan fingerprint density at radius 1 is 1.00 bits per heavy atom. The van der Waals surface area contributed by atoms with Gasteiger partial charge in [0, 0.05) is 57.6 Å². The second kappa shape index (κ2) is 11.7. The van der Waals surface area contributed by atoms with E-state index in [1.807, 2.05) is 12.1 Å². The molecule has 4 rings (SSSR count). The first-order chi connectivity index (χ1) is 15.8. The number of carbonyl (C=O) groups excluding carboxylic acids is 1. The highest BCUT2D eigenvalue weighted by molar-refractivity contribution is 5.81. The van der Waals surface area contributed by atoms with E-state index in [0.29, 0.717) is 25.7 Å². The third kappa shape index (κ3) is 7.41. The van der Waals surface area contributed by atoms with E-state index >= 15 is 0 Å². The van der Waals surface area contributed by atoms with Crippen LogP contribution >= 0.6 is 0 Å². The molecule has 1 aliphatic carbocycles. The van der Waals surface area contributed by atoms with Crippen molar-refractivity contribution >= 4 is 11.9 Å². The first kappa shape index (κ1) is 22.4. The van der Waals surface area contributed by atoms with Crippen LogP contribution in [-0.4, -0.2) is 55.5 Å². The molecular formula is C25H35N5O2. The van der Waals surface area contributed by atoms with Gasteiger partial charge in [-0.05, 0) is 43.4 Å². The summed E-state index contributed by atoms with van der Waals surface area (Å²) in [5.74, 6) is 2.19. The number of hydrogen-bond acceptors (Lipinski definition) is 4. The van der Waals surface area contributed by atoms with Gasteiger partial charge in [-0.3, -0.25) is 14.7 Å². The predicted molar refractivity (Wildman–Crippen MR) is 126 cm³/mol. The molecule has 1 aromatic carbocycles. The normalized spacial score (nSPS) is 17.8. The number of benzene rings is 1. The second-order valence-electron chi connectivity index (χ2n) is 8.73. The van der Waals surface area contributed by atoms with Gasteiger partial charge in [-0.2, -0.15) is 0 Å². The van der Waals surface area contributed by atoms with E-state index in [1.54, 1.807) is 6.26 Å². The fourth-order valence-electron chi connectivity index (χ4n) is 4.01. The summed E-state index contributed by atoms with van der Waals surface area (Å²) in [6.07, 6.45) is 6.71. The zero-order valence-corrected chi connectivity index (χ0v) is 18.8. The number of likely N-dealkylation sites (tertiary alicyclic amines) is 1. The van der Waals surface area contributed by atoms with Gasteiger partial charge in [-0.15, -0.1) is 0 Å². The number of nitrogens with zero attached hydrogens (tertiary/aromatic N) is 2. The second-order valence-corrected chi connectivity index (χ2v) is 8.73. The standard InChI is InChI=1S/C25H35N5O2/c31-24(21-8-9-21)26-14-15-28-25(27-13-10-23-7-4-18-32-23)29-22-11-16-30(17-12-22)19-20-5-2-1-3-6-20/h1-7,18,21-22H,8-17,19H2,(H,26,31)(H2,27,28,29). The summed E-state index contributed by atoms with van der Waals surface area (Å²) in [4.78, 5) is 19.1. The SMILES string of the molecule is O=C(NCCNC(=NCCc1ccco1)NC1CCN(Cc2ccccc2)CC1)C1CC1. The van der Waals surface area contributed by atoms with Crippen LogP contribution in [0.15, 0.2) is 58.1 Å². The molecule has 7 nitrogen and oxygen atoms in total. The largest absolute Gasteiger partial charge is 0.469 e. The highest BCUT2D eigenvalue weighted by Crippen LogP contribution is 2.28. The summed E-state index contributed by atoms with van der Waals surface area (Å²) in [7, 11) is 0. The summed E-state index contributed by atoms with van der Waals surface area (Å²) >= 11 is 0. The molecule has 0 spiro atoms. The lowest BCUT2D eigenvalue weighted by Gasteiger charge is -2.33. The lowest BCUT2D eigenvalue weighted by Crippen LogP contribution is -2.49. The summed E-state index contributed by atoms with van der Waals surface area (Å²) < 4.78 is 5.42. The quantitative estimate of drug-likeness (QED) is 0.302. The summed E-state index contributed by atoms with van der Waals surface area (Å²) in [6.45, 7) is 5.09. The third-order valence-corrected chi connectivity index (χ3v) is 6.05. The summed E-state index contributed by atoms with van der Waals surface area (Å²) in [5.41, 5.74) is 1.37. The number of carbonyl (C=O) groups is 1. The molecule has 1 aliphatic heterocycles. The Bertz CT molecular complexity index is 840. The molecule has 0 radical (unpaired) electrons. The molecule has 0 bridgehead atoms. The molecule has 0 atom stereocenters. The maximum atomic E-state index is 11.8. The first-order valence-electron chi connectivity index (χ1n) is 11.9. The van der Waals surface area contributed by atoms with Crippen LogP contribution in [-0.2, 0) is 17.8 Å². The minimum Gasteiger partial charge on any atom is -0.469 e. The van der Waals surface area contributed by atoms with E-state index in [0.717, 1.165) is 63.5 Å². The Labute approximate surface area is 190 Å². The average molecular weight is 438 g/mol. The monoisotopic (exact) mass is 437 g/mol. The molecule has 3 N–H and O–H groups in total. The molecule has 1 saturated carbocycles. The Kier molecular flexibility index (Phi) is 8.20. The van der Waals surface area contributed by atoms with E-state index in [1.165, 1.54) is 5.56 Å². The van der Waals surface area contributed by atoms with Crippen molar-refractivity contribution in [2.75, 3.05) is 32.7 Å². The van der Waals surface area contributed by atoms with Gasteiger partial charge in [0.15, 0.2) is 5.96 Å². The minimum atomic E-state index is 0.182. The lowest BCUT2D eigenvalue weighted by atomic mass is 10.0. The van der Waals surface area contributed by atoms with Crippen LogP contribution in [0.1, 0.15) is 37.0 Å². The Hall–Kier alpha value is -2.80. The molecule has 32 heavy (non-hydrogen) atoms. The predicted octanol–water partition coefficient (Wildman–Crippen LogP) is 2.55. The number of hydrogen-bond donors (Lipinski definition) is 3. The molecular weight excluding hydrogens is 402 g/mol. The van der Waals surface area contributed by atoms with Crippen molar-refractivity contribution in [3.63, 3.8) is 0 Å². The van der Waals surface area contributed by atoms with Crippen molar-refractivity contribution in [1.29, 1.82) is 0 Å². The number of guanidine groups is 1. The van der Waals surface area contributed by atoms with Gasteiger partial charge in [0.1, 0.15) is 5.76 Å². The number of rotatable bonds is 10. The average Bonchev–Trinajstić information content (AvgIpc) is 3.55. The first-order valence-corrected chi connectivity index (χ1v) is 11.9. The lowest BCUT2D eigenvalue weighted by molar-refractivity contribution is -0.122. The van der Waals surface area contributed by atoms with Crippen LogP contribution in [0.25, 0.3) is 0 Å². The van der Waals surface area contributed by atoms with Gasteiger partial charge in [-0.25, -0.2) is 0 Å². The number of piperidine rings is 1. The molecule has 0 unspecified atom stereocenters. The van der Waals surface area contributed by atoms with Crippen molar-refractivity contribution in [3.8, 4) is 0 Å². The molecule has 1 amide bonds. The molecule has 1 aromatic heterocycles. The van der Waals surface area contributed by atoms with Crippen molar-refractivity contribution in [1.82, 2.24) is 20.9 Å². The highest BCUT2D eigenvalue weighted by Gasteiger charge is 2.29. The maximum absolute atomic E-state index is 11.8. The van der Waals surface area contributed by atoms with Gasteiger partial charge >= 0.3 is 0 Å². The third-order valence-electron chi connectivity index (χ3n) is 6.05. The van der Waals surface area contributed by atoms with Crippen molar-refractivity contribution in [2.45, 2.75) is 44.7 Å². The molecule has 1 saturated heterocycles. The van der Waals surface area contributed by atoms with Crippen molar-refractivity contribution in [2.24, 2.45) is 10.9 Å². The molecule has 2 heterocycles. The van der Waals surface area contributed by atoms with E-state index in [4.69, 9.17) is 9.41 Å². The Morgan fingerprint density at radius 2 is 1.78 bits per heavy atom. The van der Waals surface area contributed by atoms with Crippen LogP contribution < -0.4 is 16.0 Å². The fourth-order valence-corrected chi connectivity index (χ4v) is 4.01. The van der Waals surface area contributed by atoms with E-state index in [-0.39, 0.29) is 11.8 Å². The number of nitrogens with one attached hydrogen (secondary N) is 3. The van der Waals surface area contributed by atoms with Gasteiger partial charge < -0.3 is 20.4 Å². The van der Waals surface area contributed by atoms with Crippen LogP contribution in [0, 0.1) is 5.92 Å². The number of aliphatic imine (C=N–C) groups is 1. The fraction of sp³-hybridized carbons (Fsp3) is 0.520. The van der Waals surface area contributed by atoms with Gasteiger partial charge in [-0.1, -0.05) is 30.3 Å². The Balaban J connectivity index is 1.22. The van der Waals surface area contributed by atoms with Gasteiger partial charge in [0.2, 0.25) is 5.91 Å². The molecule has 7 heteroatoms. The highest BCUT2D eigenvalue weighted by atomic mass is 16.3. The van der Waals surface area contributed by atoms with Crippen LogP contribution in [0.5, 0.6) is 0 Å². The summed E-state index contributed by atoms with van der Waals surface area (Å²) in [5, 5.41) is 10.0. The van der Waals surface area contributed by atoms with Crippen LogP contribution in [0.2, 0.25) is 0 Å². The number of furan rings is 1. The molecule has 2 aromatic rings. The zero-order valence-electron chi connectivity index (χ0n) is 18.8. The number of amides is 1. The molecule has 2 fully saturated rings. The van der Waals surface area contributed by atoms with Crippen molar-refractivity contribution < 1.29 is 9.21 Å². The Morgan fingerprint density at radius 3 is 2.50 bits per heavy atom. The van der Waals surface area contributed by atoms with E-state index < -0.39 is 0 Å². The topological polar surface area (TPSA) is 81.9 Å².